The molecule has 0 saturated carbocycles. The molecule has 0 aliphatic heterocycles. The number of aliphatic hydroxyl groups is 1. The molecule has 0 aliphatic rings. The largest absolute Gasteiger partial charge is 0.467 e. The summed E-state index contributed by atoms with van der Waals surface area (Å²) in [5.74, 6) is -1.82. The zero-order chi connectivity index (χ0) is 12.1. The highest BCUT2D eigenvalue weighted by Gasteiger charge is 2.45. The molecular formula is C11H18O4. The van der Waals surface area contributed by atoms with Gasteiger partial charge in [0, 0.05) is 12.3 Å². The Bertz CT molecular complexity index is 259. The maximum Gasteiger partial charge on any atom is 0.346 e. The topological polar surface area (TPSA) is 63.6 Å². The molecule has 0 bridgehead atoms. The third-order valence-electron chi connectivity index (χ3n) is 2.43. The highest BCUT2D eigenvalue weighted by Crippen LogP contribution is 2.21. The van der Waals surface area contributed by atoms with Gasteiger partial charge in [0.05, 0.1) is 7.11 Å². The Morgan fingerprint density at radius 3 is 2.47 bits per heavy atom. The molecule has 0 saturated heterocycles. The standard InChI is InChI=1S/C11H18O4/c1-5-7-11(14,10(13)15-4)9(12)8(3)6-2/h5,8,14H,1,6-7H2,2-4H3/t8-,11-/m0/s1. The molecule has 0 rings (SSSR count). The first-order valence-corrected chi connectivity index (χ1v) is 4.90. The first-order valence-electron chi connectivity index (χ1n) is 4.90. The van der Waals surface area contributed by atoms with Gasteiger partial charge in [0.15, 0.2) is 5.78 Å². The summed E-state index contributed by atoms with van der Waals surface area (Å²) in [6, 6.07) is 0. The number of hydrogen-bond acceptors (Lipinski definition) is 4. The number of ketones is 1. The van der Waals surface area contributed by atoms with E-state index in [1.807, 2.05) is 6.92 Å². The number of ether oxygens (including phenoxy) is 1. The van der Waals surface area contributed by atoms with Gasteiger partial charge in [0.25, 0.3) is 0 Å². The summed E-state index contributed by atoms with van der Waals surface area (Å²) >= 11 is 0. The van der Waals surface area contributed by atoms with Crippen LogP contribution in [0.4, 0.5) is 0 Å². The van der Waals surface area contributed by atoms with Crippen molar-refractivity contribution in [3.05, 3.63) is 12.7 Å². The number of rotatable bonds is 6. The number of methoxy groups -OCH3 is 1. The Kier molecular flexibility index (Phi) is 5.22. The Morgan fingerprint density at radius 2 is 2.13 bits per heavy atom. The highest BCUT2D eigenvalue weighted by molar-refractivity contribution is 6.07. The van der Waals surface area contributed by atoms with Crippen LogP contribution in [-0.2, 0) is 14.3 Å². The highest BCUT2D eigenvalue weighted by atomic mass is 16.5. The summed E-state index contributed by atoms with van der Waals surface area (Å²) in [5, 5.41) is 9.95. The quantitative estimate of drug-likeness (QED) is 0.408. The average Bonchev–Trinajstić information content (AvgIpc) is 2.25. The van der Waals surface area contributed by atoms with E-state index in [0.29, 0.717) is 6.42 Å². The van der Waals surface area contributed by atoms with Crippen LogP contribution in [0.2, 0.25) is 0 Å². The van der Waals surface area contributed by atoms with Crippen LogP contribution in [0.5, 0.6) is 0 Å². The van der Waals surface area contributed by atoms with E-state index in [1.54, 1.807) is 6.92 Å². The minimum atomic E-state index is -2.08. The first kappa shape index (κ1) is 13.8. The van der Waals surface area contributed by atoms with Gasteiger partial charge in [0.2, 0.25) is 5.60 Å². The zero-order valence-electron chi connectivity index (χ0n) is 9.45. The maximum atomic E-state index is 11.8. The molecule has 0 amide bonds. The van der Waals surface area contributed by atoms with Crippen LogP contribution < -0.4 is 0 Å². The van der Waals surface area contributed by atoms with Gasteiger partial charge in [-0.05, 0) is 6.42 Å². The van der Waals surface area contributed by atoms with Crippen LogP contribution in [0.1, 0.15) is 26.7 Å². The van der Waals surface area contributed by atoms with E-state index < -0.39 is 17.4 Å². The Labute approximate surface area is 89.9 Å². The van der Waals surface area contributed by atoms with Crippen molar-refractivity contribution in [2.45, 2.75) is 32.3 Å². The van der Waals surface area contributed by atoms with Crippen LogP contribution in [0.25, 0.3) is 0 Å². The van der Waals surface area contributed by atoms with Gasteiger partial charge in [-0.3, -0.25) is 4.79 Å². The molecule has 0 aromatic heterocycles. The molecule has 0 aromatic rings. The normalized spacial score (nSPS) is 16.3. The van der Waals surface area contributed by atoms with Crippen molar-refractivity contribution in [2.24, 2.45) is 5.92 Å². The van der Waals surface area contributed by atoms with E-state index in [9.17, 15) is 14.7 Å². The lowest BCUT2D eigenvalue weighted by atomic mass is 9.86. The number of esters is 1. The Morgan fingerprint density at radius 1 is 1.60 bits per heavy atom. The van der Waals surface area contributed by atoms with Crippen LogP contribution in [-0.4, -0.2) is 29.6 Å². The van der Waals surface area contributed by atoms with E-state index in [1.165, 1.54) is 6.08 Å². The fourth-order valence-corrected chi connectivity index (χ4v) is 1.26. The van der Waals surface area contributed by atoms with Crippen molar-refractivity contribution in [2.75, 3.05) is 7.11 Å². The van der Waals surface area contributed by atoms with E-state index in [2.05, 4.69) is 11.3 Å². The van der Waals surface area contributed by atoms with Gasteiger partial charge in [-0.25, -0.2) is 4.79 Å². The smallest absolute Gasteiger partial charge is 0.346 e. The molecular weight excluding hydrogens is 196 g/mol. The molecule has 0 unspecified atom stereocenters. The minimum Gasteiger partial charge on any atom is -0.467 e. The summed E-state index contributed by atoms with van der Waals surface area (Å²) in [6.45, 7) is 6.89. The molecule has 2 atom stereocenters. The Balaban J connectivity index is 5.01. The zero-order valence-corrected chi connectivity index (χ0v) is 9.45. The SMILES string of the molecule is C=CC[C@@](O)(C(=O)OC)C(=O)[C@@H](C)CC. The van der Waals surface area contributed by atoms with Gasteiger partial charge in [-0.1, -0.05) is 19.9 Å². The lowest BCUT2D eigenvalue weighted by Gasteiger charge is -2.24. The number of Topliss-reactive ketones (excluding diaryl/α,β-unsaturated/α-hetero) is 1. The molecule has 0 aromatic carbocycles. The number of hydrogen-bond donors (Lipinski definition) is 1. The van der Waals surface area contributed by atoms with Crippen molar-refractivity contribution in [1.82, 2.24) is 0 Å². The van der Waals surface area contributed by atoms with Gasteiger partial charge < -0.3 is 9.84 Å². The summed E-state index contributed by atoms with van der Waals surface area (Å²) in [5.41, 5.74) is -2.08. The van der Waals surface area contributed by atoms with Crippen molar-refractivity contribution in [3.63, 3.8) is 0 Å². The predicted molar refractivity (Wildman–Crippen MR) is 56.2 cm³/mol. The monoisotopic (exact) mass is 214 g/mol. The molecule has 0 fully saturated rings. The van der Waals surface area contributed by atoms with Gasteiger partial charge in [-0.2, -0.15) is 0 Å². The molecule has 4 heteroatoms. The summed E-state index contributed by atoms with van der Waals surface area (Å²) in [6.07, 6.45) is 1.77. The van der Waals surface area contributed by atoms with E-state index in [4.69, 9.17) is 0 Å². The van der Waals surface area contributed by atoms with Gasteiger partial charge in [0.1, 0.15) is 0 Å². The lowest BCUT2D eigenvalue weighted by molar-refractivity contribution is -0.169. The number of carbonyl (C=O) groups is 2. The molecule has 15 heavy (non-hydrogen) atoms. The molecule has 0 heterocycles. The summed E-state index contributed by atoms with van der Waals surface area (Å²) in [7, 11) is 1.14. The predicted octanol–water partition coefficient (Wildman–Crippen LogP) is 1.08. The summed E-state index contributed by atoms with van der Waals surface area (Å²) in [4.78, 5) is 23.1. The first-order chi connectivity index (χ1) is 6.93. The van der Waals surface area contributed by atoms with Crippen LogP contribution in [0.3, 0.4) is 0 Å². The van der Waals surface area contributed by atoms with Crippen molar-refractivity contribution in [1.29, 1.82) is 0 Å². The molecule has 0 radical (unpaired) electrons. The molecule has 0 spiro atoms. The second-order valence-corrected chi connectivity index (χ2v) is 3.52. The molecule has 0 aliphatic carbocycles. The van der Waals surface area contributed by atoms with Gasteiger partial charge >= 0.3 is 5.97 Å². The Hall–Kier alpha value is -1.16. The van der Waals surface area contributed by atoms with E-state index in [0.717, 1.165) is 7.11 Å². The van der Waals surface area contributed by atoms with Crippen molar-refractivity contribution >= 4 is 11.8 Å². The third kappa shape index (κ3) is 2.89. The van der Waals surface area contributed by atoms with E-state index >= 15 is 0 Å². The van der Waals surface area contributed by atoms with Crippen molar-refractivity contribution in [3.8, 4) is 0 Å². The van der Waals surface area contributed by atoms with Crippen molar-refractivity contribution < 1.29 is 19.4 Å². The van der Waals surface area contributed by atoms with E-state index in [-0.39, 0.29) is 12.3 Å². The number of carbonyl (C=O) groups excluding carboxylic acids is 2. The fourth-order valence-electron chi connectivity index (χ4n) is 1.26. The molecule has 4 nitrogen and oxygen atoms in total. The van der Waals surface area contributed by atoms with Crippen LogP contribution in [0.15, 0.2) is 12.7 Å². The maximum absolute atomic E-state index is 11.8. The van der Waals surface area contributed by atoms with Crippen LogP contribution >= 0.6 is 0 Å². The second kappa shape index (κ2) is 5.66. The molecule has 86 valence electrons. The lowest BCUT2D eigenvalue weighted by Crippen LogP contribution is -2.49. The summed E-state index contributed by atoms with van der Waals surface area (Å²) < 4.78 is 4.43. The second-order valence-electron chi connectivity index (χ2n) is 3.52. The third-order valence-corrected chi connectivity index (χ3v) is 2.43. The fraction of sp³-hybridized carbons (Fsp3) is 0.636. The van der Waals surface area contributed by atoms with Crippen LogP contribution in [0, 0.1) is 5.92 Å². The van der Waals surface area contributed by atoms with Gasteiger partial charge in [-0.15, -0.1) is 6.58 Å². The minimum absolute atomic E-state index is 0.122. The molecule has 1 N–H and O–H groups in total. The average molecular weight is 214 g/mol.